The van der Waals surface area contributed by atoms with Crippen molar-refractivity contribution < 1.29 is 17.9 Å². The van der Waals surface area contributed by atoms with E-state index in [1.165, 1.54) is 18.3 Å². The van der Waals surface area contributed by atoms with E-state index in [4.69, 9.17) is 9.47 Å². The molecule has 0 heterocycles. The summed E-state index contributed by atoms with van der Waals surface area (Å²) in [6, 6.07) is 21.0. The van der Waals surface area contributed by atoms with Gasteiger partial charge in [-0.05, 0) is 64.0 Å². The van der Waals surface area contributed by atoms with Gasteiger partial charge in [-0.25, -0.2) is 4.83 Å². The molecule has 0 spiro atoms. The lowest BCUT2D eigenvalue weighted by molar-refractivity contribution is 0.295. The minimum Gasteiger partial charge on any atom is -0.496 e. The summed E-state index contributed by atoms with van der Waals surface area (Å²) in [6.45, 7) is 0.281. The monoisotopic (exact) mass is 474 g/mol. The molecule has 0 atom stereocenters. The molecule has 0 radical (unpaired) electrons. The number of halogens is 1. The van der Waals surface area contributed by atoms with E-state index < -0.39 is 10.0 Å². The fraction of sp³-hybridized carbons (Fsp3) is 0.0952. The number of sulfonamides is 1. The number of ether oxygens (including phenoxy) is 2. The van der Waals surface area contributed by atoms with Crippen LogP contribution in [0, 0.1) is 0 Å². The Bertz CT molecular complexity index is 1100. The van der Waals surface area contributed by atoms with E-state index >= 15 is 0 Å². The maximum Gasteiger partial charge on any atom is 0.276 e. The van der Waals surface area contributed by atoms with Crippen molar-refractivity contribution in [3.05, 3.63) is 88.4 Å². The number of hydrogen-bond acceptors (Lipinski definition) is 5. The summed E-state index contributed by atoms with van der Waals surface area (Å²) in [5, 5.41) is 3.87. The zero-order valence-corrected chi connectivity index (χ0v) is 18.0. The number of benzene rings is 3. The molecule has 0 saturated carbocycles. The van der Waals surface area contributed by atoms with Gasteiger partial charge in [-0.1, -0.05) is 30.3 Å². The van der Waals surface area contributed by atoms with Crippen LogP contribution >= 0.6 is 15.9 Å². The summed E-state index contributed by atoms with van der Waals surface area (Å²) < 4.78 is 36.5. The molecule has 0 aliphatic rings. The smallest absolute Gasteiger partial charge is 0.276 e. The first-order valence-electron chi connectivity index (χ1n) is 8.64. The molecule has 150 valence electrons. The van der Waals surface area contributed by atoms with Crippen molar-refractivity contribution >= 4 is 32.2 Å². The highest BCUT2D eigenvalue weighted by molar-refractivity contribution is 9.10. The Morgan fingerprint density at radius 2 is 1.72 bits per heavy atom. The minimum atomic E-state index is -3.71. The SMILES string of the molecule is COc1ccc(/C=N/NS(=O)(=O)c2ccccc2)cc1COc1ccccc1Br. The Morgan fingerprint density at radius 1 is 1.00 bits per heavy atom. The van der Waals surface area contributed by atoms with E-state index in [0.29, 0.717) is 17.1 Å². The summed E-state index contributed by atoms with van der Waals surface area (Å²) in [7, 11) is -2.12. The van der Waals surface area contributed by atoms with Crippen LogP contribution in [0.25, 0.3) is 0 Å². The van der Waals surface area contributed by atoms with Crippen molar-refractivity contribution in [2.45, 2.75) is 11.5 Å². The molecule has 1 N–H and O–H groups in total. The number of methoxy groups -OCH3 is 1. The highest BCUT2D eigenvalue weighted by Gasteiger charge is 2.11. The number of hydrogen-bond donors (Lipinski definition) is 1. The van der Waals surface area contributed by atoms with Gasteiger partial charge in [0.15, 0.2) is 0 Å². The zero-order valence-electron chi connectivity index (χ0n) is 15.6. The standard InChI is InChI=1S/C21H19BrN2O4S/c1-27-20-12-11-16(13-17(20)15-28-21-10-6-5-9-19(21)22)14-23-24-29(25,26)18-7-3-2-4-8-18/h2-14,24H,15H2,1H3/b23-14+. The second kappa shape index (κ2) is 9.58. The fourth-order valence-corrected chi connectivity index (χ4v) is 3.74. The first-order valence-corrected chi connectivity index (χ1v) is 10.9. The first kappa shape index (κ1) is 20.9. The molecule has 29 heavy (non-hydrogen) atoms. The molecule has 3 aromatic carbocycles. The van der Waals surface area contributed by atoms with Crippen molar-refractivity contribution in [2.24, 2.45) is 5.10 Å². The Kier molecular flexibility index (Phi) is 6.90. The van der Waals surface area contributed by atoms with Crippen LogP contribution in [0.2, 0.25) is 0 Å². The van der Waals surface area contributed by atoms with Crippen molar-refractivity contribution in [3.63, 3.8) is 0 Å². The summed E-state index contributed by atoms with van der Waals surface area (Å²) in [4.78, 5) is 2.36. The third-order valence-corrected chi connectivity index (χ3v) is 5.86. The number of nitrogens with zero attached hydrogens (tertiary/aromatic N) is 1. The molecule has 8 heteroatoms. The molecule has 0 aliphatic heterocycles. The van der Waals surface area contributed by atoms with E-state index in [9.17, 15) is 8.42 Å². The molecule has 0 saturated heterocycles. The van der Waals surface area contributed by atoms with Gasteiger partial charge in [0, 0.05) is 5.56 Å². The Morgan fingerprint density at radius 3 is 2.45 bits per heavy atom. The van der Waals surface area contributed by atoms with Gasteiger partial charge < -0.3 is 9.47 Å². The van der Waals surface area contributed by atoms with Crippen LogP contribution in [0.15, 0.2) is 87.3 Å². The number of nitrogens with one attached hydrogen (secondary N) is 1. The van der Waals surface area contributed by atoms with Crippen LogP contribution in [-0.4, -0.2) is 21.7 Å². The van der Waals surface area contributed by atoms with E-state index in [2.05, 4.69) is 25.9 Å². The van der Waals surface area contributed by atoms with Crippen LogP contribution in [0.1, 0.15) is 11.1 Å². The summed E-state index contributed by atoms with van der Waals surface area (Å²) >= 11 is 3.45. The van der Waals surface area contributed by atoms with Crippen LogP contribution in [0.5, 0.6) is 11.5 Å². The number of para-hydroxylation sites is 1. The van der Waals surface area contributed by atoms with Gasteiger partial charge in [-0.3, -0.25) is 0 Å². The van der Waals surface area contributed by atoms with Gasteiger partial charge in [0.1, 0.15) is 18.1 Å². The first-order chi connectivity index (χ1) is 14.0. The Labute approximate surface area is 178 Å². The lowest BCUT2D eigenvalue weighted by Crippen LogP contribution is -2.18. The number of hydrazone groups is 1. The van der Waals surface area contributed by atoms with Gasteiger partial charge in [0.05, 0.1) is 22.7 Å². The van der Waals surface area contributed by atoms with Gasteiger partial charge in [0.25, 0.3) is 10.0 Å². The van der Waals surface area contributed by atoms with E-state index in [0.717, 1.165) is 10.0 Å². The van der Waals surface area contributed by atoms with E-state index in [1.54, 1.807) is 37.4 Å². The summed E-state index contributed by atoms with van der Waals surface area (Å²) in [5.74, 6) is 1.38. The topological polar surface area (TPSA) is 77.0 Å². The average molecular weight is 475 g/mol. The highest BCUT2D eigenvalue weighted by Crippen LogP contribution is 2.27. The fourth-order valence-electron chi connectivity index (χ4n) is 2.53. The zero-order chi connectivity index (χ0) is 20.7. The number of rotatable bonds is 8. The van der Waals surface area contributed by atoms with Gasteiger partial charge >= 0.3 is 0 Å². The van der Waals surface area contributed by atoms with Crippen molar-refractivity contribution in [2.75, 3.05) is 7.11 Å². The second-order valence-electron chi connectivity index (χ2n) is 5.96. The van der Waals surface area contributed by atoms with Crippen LogP contribution in [0.3, 0.4) is 0 Å². The quantitative estimate of drug-likeness (QED) is 0.388. The molecule has 0 aliphatic carbocycles. The molecule has 0 amide bonds. The van der Waals surface area contributed by atoms with Crippen molar-refractivity contribution in [1.29, 1.82) is 0 Å². The van der Waals surface area contributed by atoms with Gasteiger partial charge in [0.2, 0.25) is 0 Å². The van der Waals surface area contributed by atoms with Crippen LogP contribution in [0.4, 0.5) is 0 Å². The minimum absolute atomic E-state index is 0.148. The Hall–Kier alpha value is -2.84. The van der Waals surface area contributed by atoms with Crippen LogP contribution < -0.4 is 14.3 Å². The van der Waals surface area contributed by atoms with Crippen molar-refractivity contribution in [3.8, 4) is 11.5 Å². The predicted molar refractivity (Wildman–Crippen MR) is 116 cm³/mol. The van der Waals surface area contributed by atoms with Gasteiger partial charge in [-0.15, -0.1) is 0 Å². The van der Waals surface area contributed by atoms with Crippen LogP contribution in [-0.2, 0) is 16.6 Å². The average Bonchev–Trinajstić information content (AvgIpc) is 2.74. The molecule has 0 bridgehead atoms. The molecule has 0 unspecified atom stereocenters. The normalized spacial score (nSPS) is 11.4. The van der Waals surface area contributed by atoms with E-state index in [1.807, 2.05) is 30.3 Å². The maximum absolute atomic E-state index is 12.2. The van der Waals surface area contributed by atoms with Crippen molar-refractivity contribution in [1.82, 2.24) is 4.83 Å². The molecule has 0 aromatic heterocycles. The maximum atomic E-state index is 12.2. The summed E-state index contributed by atoms with van der Waals surface area (Å²) in [5.41, 5.74) is 1.51. The molecule has 3 aromatic rings. The largest absolute Gasteiger partial charge is 0.496 e. The second-order valence-corrected chi connectivity index (χ2v) is 8.47. The molecular formula is C21H19BrN2O4S. The molecular weight excluding hydrogens is 456 g/mol. The lowest BCUT2D eigenvalue weighted by atomic mass is 10.1. The molecule has 0 fully saturated rings. The third kappa shape index (κ3) is 5.58. The van der Waals surface area contributed by atoms with Gasteiger partial charge in [-0.2, -0.15) is 13.5 Å². The highest BCUT2D eigenvalue weighted by atomic mass is 79.9. The summed E-state index contributed by atoms with van der Waals surface area (Å²) in [6.07, 6.45) is 1.43. The molecule has 6 nitrogen and oxygen atoms in total. The third-order valence-electron chi connectivity index (χ3n) is 3.96. The Balaban J connectivity index is 1.73. The lowest BCUT2D eigenvalue weighted by Gasteiger charge is -2.12. The van der Waals surface area contributed by atoms with E-state index in [-0.39, 0.29) is 11.5 Å². The molecule has 3 rings (SSSR count). The predicted octanol–water partition coefficient (Wildman–Crippen LogP) is 4.35.